The second-order valence-electron chi connectivity index (χ2n) is 4.42. The molecular formula is C12H13N5. The highest BCUT2D eigenvalue weighted by Crippen LogP contribution is 2.24. The van der Waals surface area contributed by atoms with Crippen LogP contribution in [0.3, 0.4) is 0 Å². The van der Waals surface area contributed by atoms with Crippen molar-refractivity contribution in [2.75, 3.05) is 0 Å². The molecule has 2 N–H and O–H groups in total. The van der Waals surface area contributed by atoms with Crippen LogP contribution in [0.15, 0.2) is 24.3 Å². The highest BCUT2D eigenvalue weighted by Gasteiger charge is 2.07. The van der Waals surface area contributed by atoms with Crippen molar-refractivity contribution in [3.05, 3.63) is 30.0 Å². The molecule has 5 nitrogen and oxygen atoms in total. The Bertz CT molecular complexity index is 636. The first-order chi connectivity index (χ1) is 8.24. The van der Waals surface area contributed by atoms with Gasteiger partial charge in [0.15, 0.2) is 0 Å². The molecule has 0 atom stereocenters. The van der Waals surface area contributed by atoms with Gasteiger partial charge in [-0.2, -0.15) is 5.21 Å². The monoisotopic (exact) mass is 227 g/mol. The van der Waals surface area contributed by atoms with Gasteiger partial charge in [-0.1, -0.05) is 26.0 Å². The van der Waals surface area contributed by atoms with Crippen molar-refractivity contribution in [1.82, 2.24) is 25.6 Å². The van der Waals surface area contributed by atoms with Gasteiger partial charge in [0.1, 0.15) is 0 Å². The molecule has 2 aromatic heterocycles. The van der Waals surface area contributed by atoms with E-state index < -0.39 is 0 Å². The van der Waals surface area contributed by atoms with Gasteiger partial charge >= 0.3 is 0 Å². The van der Waals surface area contributed by atoms with E-state index in [-0.39, 0.29) is 0 Å². The Morgan fingerprint density at radius 2 is 2.06 bits per heavy atom. The zero-order valence-electron chi connectivity index (χ0n) is 9.73. The minimum absolute atomic E-state index is 0.496. The molecule has 0 spiro atoms. The number of aromatic nitrogens is 5. The van der Waals surface area contributed by atoms with Crippen LogP contribution in [0.5, 0.6) is 0 Å². The van der Waals surface area contributed by atoms with E-state index >= 15 is 0 Å². The van der Waals surface area contributed by atoms with Crippen LogP contribution in [-0.4, -0.2) is 25.6 Å². The van der Waals surface area contributed by atoms with Crippen LogP contribution in [0.2, 0.25) is 0 Å². The predicted molar refractivity (Wildman–Crippen MR) is 65.6 cm³/mol. The Labute approximate surface area is 98.2 Å². The smallest absolute Gasteiger partial charge is 0.204 e. The lowest BCUT2D eigenvalue weighted by molar-refractivity contribution is 0.836. The third-order valence-electron chi connectivity index (χ3n) is 2.87. The molecule has 0 amide bonds. The van der Waals surface area contributed by atoms with E-state index in [2.05, 4.69) is 51.6 Å². The molecule has 0 fully saturated rings. The Morgan fingerprint density at radius 3 is 2.76 bits per heavy atom. The molecule has 5 heteroatoms. The van der Waals surface area contributed by atoms with E-state index in [0.29, 0.717) is 11.7 Å². The van der Waals surface area contributed by atoms with Gasteiger partial charge in [0, 0.05) is 16.8 Å². The fraction of sp³-hybridized carbons (Fsp3) is 0.250. The molecule has 0 aliphatic carbocycles. The van der Waals surface area contributed by atoms with Crippen molar-refractivity contribution in [3.8, 4) is 11.4 Å². The Balaban J connectivity index is 2.13. The average molecular weight is 227 g/mol. The van der Waals surface area contributed by atoms with Crippen molar-refractivity contribution in [2.24, 2.45) is 0 Å². The van der Waals surface area contributed by atoms with Gasteiger partial charge in [-0.25, -0.2) is 0 Å². The summed E-state index contributed by atoms with van der Waals surface area (Å²) in [6.45, 7) is 4.34. The van der Waals surface area contributed by atoms with Gasteiger partial charge in [0.2, 0.25) is 5.82 Å². The third kappa shape index (κ3) is 1.69. The van der Waals surface area contributed by atoms with E-state index in [9.17, 15) is 0 Å². The van der Waals surface area contributed by atoms with Crippen LogP contribution in [0.1, 0.15) is 25.5 Å². The molecule has 3 aromatic rings. The third-order valence-corrected chi connectivity index (χ3v) is 2.87. The molecular weight excluding hydrogens is 214 g/mol. The summed E-state index contributed by atoms with van der Waals surface area (Å²) in [4.78, 5) is 3.41. The molecule has 0 unspecified atom stereocenters. The van der Waals surface area contributed by atoms with Crippen molar-refractivity contribution in [3.63, 3.8) is 0 Å². The van der Waals surface area contributed by atoms with Crippen molar-refractivity contribution < 1.29 is 0 Å². The number of benzene rings is 1. The van der Waals surface area contributed by atoms with Crippen LogP contribution in [0.4, 0.5) is 0 Å². The topological polar surface area (TPSA) is 70.2 Å². The van der Waals surface area contributed by atoms with Gasteiger partial charge in [-0.3, -0.25) is 0 Å². The highest BCUT2D eigenvalue weighted by atomic mass is 15.5. The van der Waals surface area contributed by atoms with Crippen LogP contribution in [0, 0.1) is 0 Å². The first-order valence-corrected chi connectivity index (χ1v) is 5.60. The first kappa shape index (κ1) is 10.0. The maximum atomic E-state index is 3.97. The quantitative estimate of drug-likeness (QED) is 0.706. The maximum Gasteiger partial charge on any atom is 0.204 e. The number of fused-ring (bicyclic) bond motifs is 1. The predicted octanol–water partition coefficient (Wildman–Crippen LogP) is 2.47. The molecule has 0 saturated carbocycles. The Hall–Kier alpha value is -2.17. The SMILES string of the molecule is CC(C)c1cc2ccc(-c3nn[nH]n3)cc2[nH]1. The Kier molecular flexibility index (Phi) is 2.18. The van der Waals surface area contributed by atoms with E-state index in [1.807, 2.05) is 12.1 Å². The van der Waals surface area contributed by atoms with E-state index in [1.165, 1.54) is 11.1 Å². The number of rotatable bonds is 2. The lowest BCUT2D eigenvalue weighted by Crippen LogP contribution is -1.85. The number of hydrogen-bond donors (Lipinski definition) is 2. The fourth-order valence-corrected chi connectivity index (χ4v) is 1.88. The van der Waals surface area contributed by atoms with Gasteiger partial charge in [0.25, 0.3) is 0 Å². The summed E-state index contributed by atoms with van der Waals surface area (Å²) in [5, 5.41) is 15.2. The van der Waals surface area contributed by atoms with E-state index in [4.69, 9.17) is 0 Å². The summed E-state index contributed by atoms with van der Waals surface area (Å²) in [6, 6.07) is 8.31. The molecule has 0 aliphatic heterocycles. The van der Waals surface area contributed by atoms with E-state index in [0.717, 1.165) is 11.1 Å². The standard InChI is InChI=1S/C12H13N5/c1-7(2)10-5-8-3-4-9(6-11(8)13-10)12-14-16-17-15-12/h3-7,13H,1-2H3,(H,14,15,16,17). The minimum atomic E-state index is 0.496. The number of tetrazole rings is 1. The van der Waals surface area contributed by atoms with E-state index in [1.54, 1.807) is 0 Å². The van der Waals surface area contributed by atoms with Crippen LogP contribution < -0.4 is 0 Å². The van der Waals surface area contributed by atoms with Gasteiger partial charge in [-0.15, -0.1) is 10.2 Å². The number of nitrogens with one attached hydrogen (secondary N) is 2. The number of hydrogen-bond acceptors (Lipinski definition) is 3. The van der Waals surface area contributed by atoms with Gasteiger partial charge < -0.3 is 4.98 Å². The summed E-state index contributed by atoms with van der Waals surface area (Å²) in [5.41, 5.74) is 3.31. The fourth-order valence-electron chi connectivity index (χ4n) is 1.88. The van der Waals surface area contributed by atoms with Crippen LogP contribution in [0.25, 0.3) is 22.3 Å². The zero-order chi connectivity index (χ0) is 11.8. The summed E-state index contributed by atoms with van der Waals surface area (Å²) in [5.74, 6) is 1.11. The van der Waals surface area contributed by atoms with Crippen molar-refractivity contribution >= 4 is 10.9 Å². The summed E-state index contributed by atoms with van der Waals surface area (Å²) < 4.78 is 0. The molecule has 0 saturated heterocycles. The molecule has 0 aliphatic rings. The highest BCUT2D eigenvalue weighted by molar-refractivity contribution is 5.84. The number of aromatic amines is 2. The lowest BCUT2D eigenvalue weighted by Gasteiger charge is -1.98. The minimum Gasteiger partial charge on any atom is -0.358 e. The van der Waals surface area contributed by atoms with Crippen LogP contribution in [-0.2, 0) is 0 Å². The van der Waals surface area contributed by atoms with Gasteiger partial charge in [0.05, 0.1) is 0 Å². The normalized spacial score (nSPS) is 11.5. The summed E-state index contributed by atoms with van der Waals surface area (Å²) >= 11 is 0. The average Bonchev–Trinajstić information content (AvgIpc) is 2.97. The molecule has 17 heavy (non-hydrogen) atoms. The van der Waals surface area contributed by atoms with Crippen molar-refractivity contribution in [1.29, 1.82) is 0 Å². The van der Waals surface area contributed by atoms with Gasteiger partial charge in [-0.05, 0) is 28.7 Å². The lowest BCUT2D eigenvalue weighted by atomic mass is 10.1. The van der Waals surface area contributed by atoms with Crippen LogP contribution >= 0.6 is 0 Å². The molecule has 1 aromatic carbocycles. The second kappa shape index (κ2) is 3.69. The molecule has 0 bridgehead atoms. The summed E-state index contributed by atoms with van der Waals surface area (Å²) in [6.07, 6.45) is 0. The molecule has 0 radical (unpaired) electrons. The largest absolute Gasteiger partial charge is 0.358 e. The second-order valence-corrected chi connectivity index (χ2v) is 4.42. The van der Waals surface area contributed by atoms with Crippen molar-refractivity contribution in [2.45, 2.75) is 19.8 Å². The summed E-state index contributed by atoms with van der Waals surface area (Å²) in [7, 11) is 0. The maximum absolute atomic E-state index is 3.97. The zero-order valence-corrected chi connectivity index (χ0v) is 9.73. The molecule has 3 rings (SSSR count). The first-order valence-electron chi connectivity index (χ1n) is 5.60. The molecule has 86 valence electrons. The molecule has 2 heterocycles. The Morgan fingerprint density at radius 1 is 1.18 bits per heavy atom. The number of nitrogens with zero attached hydrogens (tertiary/aromatic N) is 3. The number of H-pyrrole nitrogens is 2.